The third-order valence-corrected chi connectivity index (χ3v) is 3.90. The second-order valence-corrected chi connectivity index (χ2v) is 6.37. The maximum Gasteiger partial charge on any atom is 0.344 e. The van der Waals surface area contributed by atoms with Crippen LogP contribution in [-0.2, 0) is 20.7 Å². The van der Waals surface area contributed by atoms with Gasteiger partial charge in [-0.15, -0.1) is 0 Å². The van der Waals surface area contributed by atoms with Crippen LogP contribution < -0.4 is 10.1 Å². The molecule has 1 amide bonds. The molecule has 0 aliphatic heterocycles. The van der Waals surface area contributed by atoms with Crippen LogP contribution in [-0.4, -0.2) is 31.6 Å². The van der Waals surface area contributed by atoms with Crippen molar-refractivity contribution in [1.29, 1.82) is 0 Å². The molecule has 0 radical (unpaired) electrons. The molecule has 0 aliphatic rings. The Bertz CT molecular complexity index is 759. The van der Waals surface area contributed by atoms with Crippen molar-refractivity contribution in [2.45, 2.75) is 26.2 Å². The number of rotatable bonds is 9. The summed E-state index contributed by atoms with van der Waals surface area (Å²) in [6.45, 7) is 3.83. The van der Waals surface area contributed by atoms with E-state index in [4.69, 9.17) is 9.47 Å². The molecule has 0 heterocycles. The first-order chi connectivity index (χ1) is 13.0. The molecule has 0 spiro atoms. The first kappa shape index (κ1) is 20.4. The van der Waals surface area contributed by atoms with E-state index < -0.39 is 11.9 Å². The summed E-state index contributed by atoms with van der Waals surface area (Å²) >= 11 is 0. The van der Waals surface area contributed by atoms with Gasteiger partial charge in [-0.2, -0.15) is 0 Å². The molecule has 0 bridgehead atoms. The molecule has 2 aromatic rings. The zero-order valence-electron chi connectivity index (χ0n) is 15.5. The molecule has 1 N–H and O–H groups in total. The second-order valence-electron chi connectivity index (χ2n) is 6.37. The van der Waals surface area contributed by atoms with Gasteiger partial charge in [0, 0.05) is 6.54 Å². The topological polar surface area (TPSA) is 64.6 Å². The van der Waals surface area contributed by atoms with E-state index in [0.717, 1.165) is 11.1 Å². The molecule has 0 aliphatic carbocycles. The van der Waals surface area contributed by atoms with Crippen molar-refractivity contribution < 1.29 is 23.5 Å². The molecule has 144 valence electrons. The summed E-state index contributed by atoms with van der Waals surface area (Å²) in [5, 5.41) is 2.65. The van der Waals surface area contributed by atoms with Gasteiger partial charge in [0.1, 0.15) is 11.6 Å². The van der Waals surface area contributed by atoms with Gasteiger partial charge in [-0.05, 0) is 41.7 Å². The molecule has 6 heteroatoms. The third kappa shape index (κ3) is 7.09. The number of esters is 1. The van der Waals surface area contributed by atoms with Crippen molar-refractivity contribution in [3.05, 3.63) is 65.5 Å². The lowest BCUT2D eigenvalue weighted by atomic mass is 10.0. The number of carbonyl (C=O) groups is 2. The summed E-state index contributed by atoms with van der Waals surface area (Å²) < 4.78 is 23.2. The van der Waals surface area contributed by atoms with E-state index >= 15 is 0 Å². The smallest absolute Gasteiger partial charge is 0.344 e. The summed E-state index contributed by atoms with van der Waals surface area (Å²) in [6, 6.07) is 13.6. The van der Waals surface area contributed by atoms with Gasteiger partial charge < -0.3 is 14.8 Å². The van der Waals surface area contributed by atoms with Gasteiger partial charge in [0.15, 0.2) is 13.2 Å². The van der Waals surface area contributed by atoms with Crippen LogP contribution in [0.25, 0.3) is 0 Å². The van der Waals surface area contributed by atoms with Gasteiger partial charge >= 0.3 is 5.97 Å². The number of benzene rings is 2. The summed E-state index contributed by atoms with van der Waals surface area (Å²) in [6.07, 6.45) is 0.565. The van der Waals surface area contributed by atoms with Crippen LogP contribution in [0.4, 0.5) is 4.39 Å². The maximum absolute atomic E-state index is 12.8. The zero-order valence-corrected chi connectivity index (χ0v) is 15.5. The van der Waals surface area contributed by atoms with E-state index in [-0.39, 0.29) is 24.9 Å². The van der Waals surface area contributed by atoms with E-state index in [0.29, 0.717) is 18.7 Å². The molecule has 2 rings (SSSR count). The minimum atomic E-state index is -0.609. The summed E-state index contributed by atoms with van der Waals surface area (Å²) in [4.78, 5) is 23.5. The van der Waals surface area contributed by atoms with E-state index in [2.05, 4.69) is 5.32 Å². The molecular formula is C21H24FNO4. The Morgan fingerprint density at radius 1 is 1.04 bits per heavy atom. The van der Waals surface area contributed by atoms with Gasteiger partial charge in [0.05, 0.1) is 0 Å². The molecular weight excluding hydrogens is 349 g/mol. The highest BCUT2D eigenvalue weighted by Gasteiger charge is 2.11. The Kier molecular flexibility index (Phi) is 7.79. The highest BCUT2D eigenvalue weighted by molar-refractivity contribution is 5.80. The molecule has 2 aromatic carbocycles. The van der Waals surface area contributed by atoms with Crippen LogP contribution in [0.1, 0.15) is 30.9 Å². The van der Waals surface area contributed by atoms with Crippen molar-refractivity contribution in [3.8, 4) is 5.75 Å². The average Bonchev–Trinajstić information content (AvgIpc) is 2.66. The summed E-state index contributed by atoms with van der Waals surface area (Å²) in [5.74, 6) is -0.402. The standard InChI is InChI=1S/C21H24FNO4/c1-15(2)18-5-3-4-6-19(18)26-14-21(25)27-13-20(24)23-12-11-16-7-9-17(22)10-8-16/h3-10,15H,11-14H2,1-2H3,(H,23,24). The number of halogens is 1. The molecule has 5 nitrogen and oxygen atoms in total. The lowest BCUT2D eigenvalue weighted by molar-refractivity contribution is -0.150. The van der Waals surface area contributed by atoms with Gasteiger partial charge in [0.2, 0.25) is 0 Å². The fourth-order valence-corrected chi connectivity index (χ4v) is 2.46. The van der Waals surface area contributed by atoms with E-state index in [9.17, 15) is 14.0 Å². The van der Waals surface area contributed by atoms with Crippen molar-refractivity contribution in [3.63, 3.8) is 0 Å². The highest BCUT2D eigenvalue weighted by atomic mass is 19.1. The Balaban J connectivity index is 1.66. The Morgan fingerprint density at radius 3 is 2.44 bits per heavy atom. The van der Waals surface area contributed by atoms with Crippen LogP contribution in [0.5, 0.6) is 5.75 Å². The van der Waals surface area contributed by atoms with E-state index in [1.807, 2.05) is 32.0 Å². The minimum Gasteiger partial charge on any atom is -0.482 e. The number of hydrogen-bond acceptors (Lipinski definition) is 4. The average molecular weight is 373 g/mol. The fraction of sp³-hybridized carbons (Fsp3) is 0.333. The first-order valence-electron chi connectivity index (χ1n) is 8.84. The van der Waals surface area contributed by atoms with Gasteiger partial charge in [0.25, 0.3) is 5.91 Å². The second kappa shape index (κ2) is 10.3. The number of para-hydroxylation sites is 1. The van der Waals surface area contributed by atoms with Crippen LogP contribution in [0, 0.1) is 5.82 Å². The lowest BCUT2D eigenvalue weighted by Gasteiger charge is -2.13. The molecule has 0 saturated carbocycles. The molecule has 0 saturated heterocycles. The van der Waals surface area contributed by atoms with Crippen molar-refractivity contribution >= 4 is 11.9 Å². The van der Waals surface area contributed by atoms with Crippen molar-refractivity contribution in [1.82, 2.24) is 5.32 Å². The first-order valence-corrected chi connectivity index (χ1v) is 8.84. The van der Waals surface area contributed by atoms with Crippen LogP contribution in [0.3, 0.4) is 0 Å². The number of ether oxygens (including phenoxy) is 2. The highest BCUT2D eigenvalue weighted by Crippen LogP contribution is 2.25. The predicted molar refractivity (Wildman–Crippen MR) is 100 cm³/mol. The maximum atomic E-state index is 12.8. The zero-order chi connectivity index (χ0) is 19.6. The van der Waals surface area contributed by atoms with Crippen LogP contribution in [0.2, 0.25) is 0 Å². The Hall–Kier alpha value is -2.89. The molecule has 27 heavy (non-hydrogen) atoms. The number of amides is 1. The third-order valence-electron chi connectivity index (χ3n) is 3.90. The Morgan fingerprint density at radius 2 is 1.74 bits per heavy atom. The SMILES string of the molecule is CC(C)c1ccccc1OCC(=O)OCC(=O)NCCc1ccc(F)cc1. The van der Waals surface area contributed by atoms with E-state index in [1.165, 1.54) is 12.1 Å². The molecule has 0 fully saturated rings. The molecule has 0 atom stereocenters. The minimum absolute atomic E-state index is 0.257. The van der Waals surface area contributed by atoms with Gasteiger partial charge in [-0.1, -0.05) is 44.2 Å². The number of hydrogen-bond donors (Lipinski definition) is 1. The number of nitrogens with one attached hydrogen (secondary N) is 1. The number of carbonyl (C=O) groups excluding carboxylic acids is 2. The van der Waals surface area contributed by atoms with Gasteiger partial charge in [-0.3, -0.25) is 4.79 Å². The van der Waals surface area contributed by atoms with Crippen molar-refractivity contribution in [2.24, 2.45) is 0 Å². The molecule has 0 unspecified atom stereocenters. The van der Waals surface area contributed by atoms with Crippen LogP contribution in [0.15, 0.2) is 48.5 Å². The Labute approximate surface area is 158 Å². The van der Waals surface area contributed by atoms with Crippen LogP contribution >= 0.6 is 0 Å². The summed E-state index contributed by atoms with van der Waals surface area (Å²) in [7, 11) is 0. The normalized spacial score (nSPS) is 10.5. The predicted octanol–water partition coefficient (Wildman–Crippen LogP) is 3.23. The quantitative estimate of drug-likeness (QED) is 0.686. The lowest BCUT2D eigenvalue weighted by Crippen LogP contribution is -2.31. The summed E-state index contributed by atoms with van der Waals surface area (Å²) in [5.41, 5.74) is 1.91. The van der Waals surface area contributed by atoms with Gasteiger partial charge in [-0.25, -0.2) is 9.18 Å². The van der Waals surface area contributed by atoms with E-state index in [1.54, 1.807) is 18.2 Å². The monoisotopic (exact) mass is 373 g/mol. The largest absolute Gasteiger partial charge is 0.482 e. The fourth-order valence-electron chi connectivity index (χ4n) is 2.46. The molecule has 0 aromatic heterocycles. The van der Waals surface area contributed by atoms with Crippen molar-refractivity contribution in [2.75, 3.05) is 19.8 Å².